The molecule has 1 aliphatic rings. The van der Waals surface area contributed by atoms with Crippen LogP contribution >= 0.6 is 21.9 Å². The number of nitrogens with zero attached hydrogens (tertiary/aromatic N) is 2. The first-order valence-electron chi connectivity index (χ1n) is 11.5. The summed E-state index contributed by atoms with van der Waals surface area (Å²) in [4.78, 5) is 34.1. The number of halogens is 2. The maximum Gasteiger partial charge on any atom is 0.413 e. The molecule has 196 valence electrons. The van der Waals surface area contributed by atoms with Gasteiger partial charge in [0.2, 0.25) is 0 Å². The molecule has 36 heavy (non-hydrogen) atoms. The van der Waals surface area contributed by atoms with Gasteiger partial charge in [0, 0.05) is 23.9 Å². The Kier molecular flexibility index (Phi) is 7.61. The molecule has 1 aromatic carbocycles. The highest BCUT2D eigenvalue weighted by molar-refractivity contribution is 8.30. The molecule has 2 N–H and O–H groups in total. The lowest BCUT2D eigenvalue weighted by Crippen LogP contribution is -2.55. The topological polar surface area (TPSA) is 101 Å². The van der Waals surface area contributed by atoms with Crippen LogP contribution in [-0.4, -0.2) is 49.6 Å². The Bertz CT molecular complexity index is 1210. The van der Waals surface area contributed by atoms with Crippen LogP contribution < -0.4 is 5.32 Å². The normalized spacial score (nSPS) is 25.3. The first-order valence-corrected chi connectivity index (χ1v) is 14.0. The zero-order valence-electron chi connectivity index (χ0n) is 21.6. The lowest BCUT2D eigenvalue weighted by atomic mass is 9.90. The van der Waals surface area contributed by atoms with Gasteiger partial charge in [0.15, 0.2) is 5.78 Å². The van der Waals surface area contributed by atoms with Crippen LogP contribution in [-0.2, 0) is 16.7 Å². The van der Waals surface area contributed by atoms with Gasteiger partial charge in [-0.2, -0.15) is 0 Å². The van der Waals surface area contributed by atoms with E-state index in [1.165, 1.54) is 18.3 Å². The number of nitrogens with one attached hydrogen (secondary N) is 1. The quantitative estimate of drug-likeness (QED) is 0.456. The molecular formula is C26H33ClFN3O4S. The molecule has 0 bridgehead atoms. The number of hydrogen-bond acceptors (Lipinski definition) is 6. The van der Waals surface area contributed by atoms with Gasteiger partial charge >= 0.3 is 6.09 Å². The SMILES string of the molecule is CC(C)(C)OC(=O)NC1=N[C@](C)(c2cc(CC(=O)c3ccc(Cl)cn3)ccc2F)CS(C)(O)C1(C)C. The van der Waals surface area contributed by atoms with Crippen molar-refractivity contribution in [3.05, 3.63) is 64.2 Å². The lowest BCUT2D eigenvalue weighted by Gasteiger charge is -2.52. The summed E-state index contributed by atoms with van der Waals surface area (Å²) in [6.45, 7) is 10.5. The average molecular weight is 538 g/mol. The van der Waals surface area contributed by atoms with Gasteiger partial charge in [0.25, 0.3) is 0 Å². The van der Waals surface area contributed by atoms with Crippen LogP contribution in [0.2, 0.25) is 5.02 Å². The summed E-state index contributed by atoms with van der Waals surface area (Å²) < 4.78 is 31.2. The predicted octanol–water partition coefficient (Wildman–Crippen LogP) is 6.14. The van der Waals surface area contributed by atoms with Crippen LogP contribution in [0.5, 0.6) is 0 Å². The fourth-order valence-electron chi connectivity index (χ4n) is 3.98. The maximum atomic E-state index is 15.2. The van der Waals surface area contributed by atoms with Crippen molar-refractivity contribution in [2.45, 2.75) is 63.9 Å². The molecule has 0 radical (unpaired) electrons. The number of ether oxygens (including phenoxy) is 1. The van der Waals surface area contributed by atoms with E-state index in [1.54, 1.807) is 66.0 Å². The Morgan fingerprint density at radius 2 is 1.89 bits per heavy atom. The average Bonchev–Trinajstić information content (AvgIpc) is 2.72. The number of carbonyl (C=O) groups excluding carboxylic acids is 2. The molecule has 0 fully saturated rings. The fourth-order valence-corrected chi connectivity index (χ4v) is 6.28. The van der Waals surface area contributed by atoms with Gasteiger partial charge in [-0.1, -0.05) is 17.7 Å². The summed E-state index contributed by atoms with van der Waals surface area (Å²) in [7, 11) is -2.41. The molecule has 0 spiro atoms. The number of hydrogen-bond donors (Lipinski definition) is 2. The highest BCUT2D eigenvalue weighted by atomic mass is 35.5. The van der Waals surface area contributed by atoms with Crippen LogP contribution in [0.15, 0.2) is 41.5 Å². The first-order chi connectivity index (χ1) is 16.4. The number of ketones is 1. The highest BCUT2D eigenvalue weighted by Crippen LogP contribution is 2.60. The van der Waals surface area contributed by atoms with E-state index in [4.69, 9.17) is 21.3 Å². The van der Waals surface area contributed by atoms with Crippen molar-refractivity contribution in [2.75, 3.05) is 12.0 Å². The molecule has 1 amide bonds. The third kappa shape index (κ3) is 6.07. The standard InChI is InChI=1S/C26H33ClFN3O4S/c1-24(2,3)35-23(33)30-22-25(4,5)36(7,34)15-26(6,31-22)18-12-16(8-10-19(18)28)13-21(32)20-11-9-17(27)14-29-20/h8-12,14,34H,13,15H2,1-7H3,(H,30,31,33)/t26-/m0/s1. The molecule has 10 heteroatoms. The van der Waals surface area contributed by atoms with E-state index in [-0.39, 0.29) is 35.0 Å². The number of carbonyl (C=O) groups is 2. The van der Waals surface area contributed by atoms with Crippen molar-refractivity contribution in [1.82, 2.24) is 10.3 Å². The Morgan fingerprint density at radius 3 is 2.47 bits per heavy atom. The van der Waals surface area contributed by atoms with Gasteiger partial charge in [-0.15, -0.1) is 10.3 Å². The third-order valence-corrected chi connectivity index (χ3v) is 9.94. The predicted molar refractivity (Wildman–Crippen MR) is 143 cm³/mol. The Labute approximate surface area is 218 Å². The minimum Gasteiger partial charge on any atom is -0.444 e. The van der Waals surface area contributed by atoms with Crippen LogP contribution in [0, 0.1) is 5.82 Å². The minimum atomic E-state index is -2.41. The van der Waals surface area contributed by atoms with Gasteiger partial charge in [-0.25, -0.2) is 9.18 Å². The molecule has 2 heterocycles. The summed E-state index contributed by atoms with van der Waals surface area (Å²) in [6.07, 6.45) is 2.41. The molecule has 2 aromatic rings. The first kappa shape index (κ1) is 28.1. The van der Waals surface area contributed by atoms with Gasteiger partial charge < -0.3 is 9.29 Å². The van der Waals surface area contributed by atoms with Gasteiger partial charge in [-0.3, -0.25) is 20.1 Å². The number of amidine groups is 1. The Balaban J connectivity index is 1.99. The van der Waals surface area contributed by atoms with Crippen LogP contribution in [0.4, 0.5) is 9.18 Å². The number of rotatable bonds is 4. The number of amides is 1. The smallest absolute Gasteiger partial charge is 0.413 e. The summed E-state index contributed by atoms with van der Waals surface area (Å²) in [6, 6.07) is 7.54. The molecule has 1 unspecified atom stereocenters. The number of alkyl carbamates (subject to hydrolysis) is 1. The monoisotopic (exact) mass is 537 g/mol. The van der Waals surface area contributed by atoms with E-state index in [9.17, 15) is 14.1 Å². The van der Waals surface area contributed by atoms with Gasteiger partial charge in [-0.05, 0) is 77.6 Å². The van der Waals surface area contributed by atoms with E-state index in [1.807, 2.05) is 0 Å². The molecule has 1 aliphatic heterocycles. The van der Waals surface area contributed by atoms with E-state index in [2.05, 4.69) is 10.3 Å². The largest absolute Gasteiger partial charge is 0.444 e. The van der Waals surface area contributed by atoms with Gasteiger partial charge in [0.1, 0.15) is 22.9 Å². The molecule has 3 rings (SSSR count). The van der Waals surface area contributed by atoms with Crippen molar-refractivity contribution in [3.63, 3.8) is 0 Å². The Hall–Kier alpha value is -2.49. The molecule has 7 nitrogen and oxygen atoms in total. The number of pyridine rings is 1. The van der Waals surface area contributed by atoms with E-state index < -0.39 is 38.1 Å². The van der Waals surface area contributed by atoms with E-state index >= 15 is 4.39 Å². The second-order valence-electron chi connectivity index (χ2n) is 10.8. The van der Waals surface area contributed by atoms with Crippen molar-refractivity contribution >= 4 is 39.6 Å². The van der Waals surface area contributed by atoms with E-state index in [0.717, 1.165) is 0 Å². The fraction of sp³-hybridized carbons (Fsp3) is 0.462. The number of Topliss-reactive ketones (excluding diaryl/α,β-unsaturated/α-hetero) is 1. The van der Waals surface area contributed by atoms with Crippen molar-refractivity contribution in [2.24, 2.45) is 4.99 Å². The molecule has 0 saturated carbocycles. The highest BCUT2D eigenvalue weighted by Gasteiger charge is 2.51. The lowest BCUT2D eigenvalue weighted by molar-refractivity contribution is 0.0560. The number of aliphatic imine (C=N–C) groups is 1. The van der Waals surface area contributed by atoms with Crippen molar-refractivity contribution < 1.29 is 23.3 Å². The van der Waals surface area contributed by atoms with Crippen LogP contribution in [0.3, 0.4) is 0 Å². The summed E-state index contributed by atoms with van der Waals surface area (Å²) in [5, 5.41) is 3.12. The summed E-state index contributed by atoms with van der Waals surface area (Å²) in [5.74, 6) is -0.377. The number of benzene rings is 1. The van der Waals surface area contributed by atoms with Crippen LogP contribution in [0.25, 0.3) is 0 Å². The van der Waals surface area contributed by atoms with Gasteiger partial charge in [0.05, 0.1) is 15.3 Å². The molecular weight excluding hydrogens is 505 g/mol. The second kappa shape index (κ2) is 9.76. The van der Waals surface area contributed by atoms with E-state index in [0.29, 0.717) is 10.6 Å². The third-order valence-electron chi connectivity index (χ3n) is 6.20. The Morgan fingerprint density at radius 1 is 1.22 bits per heavy atom. The number of aromatic nitrogens is 1. The zero-order chi connectivity index (χ0) is 27.1. The zero-order valence-corrected chi connectivity index (χ0v) is 23.2. The second-order valence-corrected chi connectivity index (χ2v) is 14.7. The van der Waals surface area contributed by atoms with Crippen molar-refractivity contribution in [1.29, 1.82) is 0 Å². The maximum absolute atomic E-state index is 15.2. The summed E-state index contributed by atoms with van der Waals surface area (Å²) in [5.41, 5.74) is -0.867. The summed E-state index contributed by atoms with van der Waals surface area (Å²) >= 11 is 5.85. The van der Waals surface area contributed by atoms with Crippen molar-refractivity contribution in [3.8, 4) is 0 Å². The minimum absolute atomic E-state index is 0.000530. The molecule has 1 aromatic heterocycles. The molecule has 0 aliphatic carbocycles. The molecule has 0 saturated heterocycles. The van der Waals surface area contributed by atoms with Crippen LogP contribution in [0.1, 0.15) is 63.2 Å². The molecule has 2 atom stereocenters.